The minimum atomic E-state index is -4.90. The number of halogens is 3. The number of carbonyl (C=O) groups excluding carboxylic acids is 1. The normalized spacial score (nSPS) is 20.8. The van der Waals surface area contributed by atoms with Crippen molar-refractivity contribution in [2.45, 2.75) is 39.0 Å². The van der Waals surface area contributed by atoms with Crippen molar-refractivity contribution in [2.75, 3.05) is 13.1 Å². The van der Waals surface area contributed by atoms with E-state index in [1.165, 1.54) is 0 Å². The molecule has 1 amide bonds. The summed E-state index contributed by atoms with van der Waals surface area (Å²) in [6, 6.07) is 6.75. The van der Waals surface area contributed by atoms with E-state index < -0.39 is 36.4 Å². The molecule has 0 aliphatic carbocycles. The van der Waals surface area contributed by atoms with Crippen LogP contribution in [0.4, 0.5) is 13.2 Å². The molecule has 1 aliphatic rings. The number of hydrogen-bond acceptors (Lipinski definition) is 3. The van der Waals surface area contributed by atoms with Gasteiger partial charge in [-0.05, 0) is 38.0 Å². The monoisotopic (exact) mass is 359 g/mol. The number of carboxylic acids is 1. The van der Waals surface area contributed by atoms with Gasteiger partial charge in [-0.3, -0.25) is 9.59 Å². The van der Waals surface area contributed by atoms with Gasteiger partial charge < -0.3 is 14.7 Å². The summed E-state index contributed by atoms with van der Waals surface area (Å²) in [5.74, 6) is -1.91. The molecule has 1 N–H and O–H groups in total. The predicted molar refractivity (Wildman–Crippen MR) is 83.2 cm³/mol. The third kappa shape index (κ3) is 4.05. The molecule has 0 spiro atoms. The predicted octanol–water partition coefficient (Wildman–Crippen LogP) is 2.88. The van der Waals surface area contributed by atoms with Crippen molar-refractivity contribution in [3.63, 3.8) is 0 Å². The van der Waals surface area contributed by atoms with Crippen LogP contribution in [0.5, 0.6) is 5.75 Å². The SMILES string of the molecule is CC(C)Oc1cccc(CC(=O)N2CCC(C(=O)O)(C(F)(F)F)C2)c1. The largest absolute Gasteiger partial charge is 0.491 e. The molecule has 1 aromatic carbocycles. The second-order valence-electron chi connectivity index (χ2n) is 6.44. The molecule has 1 unspecified atom stereocenters. The topological polar surface area (TPSA) is 66.8 Å². The second kappa shape index (κ2) is 6.93. The highest BCUT2D eigenvalue weighted by molar-refractivity contribution is 5.82. The van der Waals surface area contributed by atoms with Gasteiger partial charge in [-0.1, -0.05) is 12.1 Å². The molecule has 1 aromatic rings. The number of hydrogen-bond donors (Lipinski definition) is 1. The Balaban J connectivity index is 2.09. The third-order valence-corrected chi connectivity index (χ3v) is 4.20. The Morgan fingerprint density at radius 2 is 2.04 bits per heavy atom. The maximum absolute atomic E-state index is 13.2. The standard InChI is InChI=1S/C17H20F3NO4/c1-11(2)25-13-5-3-4-12(8-13)9-14(22)21-7-6-16(10-21,15(23)24)17(18,19)20/h3-5,8,11H,6-7,9-10H2,1-2H3,(H,23,24). The first kappa shape index (κ1) is 19.1. The number of nitrogens with zero attached hydrogens (tertiary/aromatic N) is 1. The Bertz CT molecular complexity index is 660. The van der Waals surface area contributed by atoms with E-state index in [0.717, 1.165) is 4.90 Å². The zero-order valence-electron chi connectivity index (χ0n) is 14.0. The lowest BCUT2D eigenvalue weighted by molar-refractivity contribution is -0.227. The minimum absolute atomic E-state index is 0.0486. The molecule has 5 nitrogen and oxygen atoms in total. The van der Waals surface area contributed by atoms with Gasteiger partial charge in [0.2, 0.25) is 5.91 Å². The number of likely N-dealkylation sites (tertiary alicyclic amines) is 1. The van der Waals surface area contributed by atoms with Crippen LogP contribution in [0.25, 0.3) is 0 Å². The number of alkyl halides is 3. The summed E-state index contributed by atoms with van der Waals surface area (Å²) < 4.78 is 45.0. The number of amides is 1. The Kier molecular flexibility index (Phi) is 5.29. The van der Waals surface area contributed by atoms with E-state index in [2.05, 4.69) is 0 Å². The van der Waals surface area contributed by atoms with Gasteiger partial charge in [0.1, 0.15) is 5.75 Å². The van der Waals surface area contributed by atoms with Gasteiger partial charge in [-0.2, -0.15) is 13.2 Å². The van der Waals surface area contributed by atoms with Crippen molar-refractivity contribution in [3.8, 4) is 5.75 Å². The third-order valence-electron chi connectivity index (χ3n) is 4.20. The zero-order chi connectivity index (χ0) is 18.8. The van der Waals surface area contributed by atoms with Crippen molar-refractivity contribution < 1.29 is 32.6 Å². The molecule has 8 heteroatoms. The van der Waals surface area contributed by atoms with Crippen LogP contribution >= 0.6 is 0 Å². The summed E-state index contributed by atoms with van der Waals surface area (Å²) in [5.41, 5.74) is -2.28. The van der Waals surface area contributed by atoms with Crippen LogP contribution in [0.3, 0.4) is 0 Å². The summed E-state index contributed by atoms with van der Waals surface area (Å²) in [6.07, 6.45) is -5.69. The van der Waals surface area contributed by atoms with Gasteiger partial charge in [0.05, 0.1) is 12.5 Å². The van der Waals surface area contributed by atoms with Gasteiger partial charge in [0.15, 0.2) is 5.41 Å². The summed E-state index contributed by atoms with van der Waals surface area (Å²) in [5, 5.41) is 9.03. The van der Waals surface area contributed by atoms with Gasteiger partial charge >= 0.3 is 12.1 Å². The lowest BCUT2D eigenvalue weighted by atomic mass is 9.86. The number of ether oxygens (including phenoxy) is 1. The fourth-order valence-electron chi connectivity index (χ4n) is 2.84. The molecule has 1 atom stereocenters. The molecule has 0 radical (unpaired) electrons. The smallest absolute Gasteiger partial charge is 0.406 e. The van der Waals surface area contributed by atoms with Crippen LogP contribution in [-0.4, -0.2) is 47.3 Å². The highest BCUT2D eigenvalue weighted by Gasteiger charge is 2.64. The number of benzene rings is 1. The van der Waals surface area contributed by atoms with Crippen LogP contribution in [-0.2, 0) is 16.0 Å². The van der Waals surface area contributed by atoms with Gasteiger partial charge in [0, 0.05) is 13.1 Å². The van der Waals surface area contributed by atoms with Crippen LogP contribution in [0.2, 0.25) is 0 Å². The highest BCUT2D eigenvalue weighted by atomic mass is 19.4. The molecule has 0 bridgehead atoms. The maximum Gasteiger partial charge on any atom is 0.406 e. The number of carboxylic acid groups (broad SMARTS) is 1. The van der Waals surface area contributed by atoms with E-state index in [-0.39, 0.29) is 19.1 Å². The van der Waals surface area contributed by atoms with Gasteiger partial charge in [0.25, 0.3) is 0 Å². The van der Waals surface area contributed by atoms with E-state index >= 15 is 0 Å². The lowest BCUT2D eigenvalue weighted by Crippen LogP contribution is -2.47. The highest BCUT2D eigenvalue weighted by Crippen LogP contribution is 2.45. The van der Waals surface area contributed by atoms with E-state index in [9.17, 15) is 22.8 Å². The molecule has 1 fully saturated rings. The van der Waals surface area contributed by atoms with Crippen LogP contribution < -0.4 is 4.74 Å². The molecule has 1 saturated heterocycles. The summed E-state index contributed by atoms with van der Waals surface area (Å²) >= 11 is 0. The first-order valence-corrected chi connectivity index (χ1v) is 7.88. The molecular weight excluding hydrogens is 339 g/mol. The van der Waals surface area contributed by atoms with E-state index in [1.54, 1.807) is 24.3 Å². The molecule has 1 heterocycles. The lowest BCUT2D eigenvalue weighted by Gasteiger charge is -2.27. The van der Waals surface area contributed by atoms with E-state index in [0.29, 0.717) is 11.3 Å². The summed E-state index contributed by atoms with van der Waals surface area (Å²) in [4.78, 5) is 24.4. The Morgan fingerprint density at radius 1 is 1.36 bits per heavy atom. The summed E-state index contributed by atoms with van der Waals surface area (Å²) in [7, 11) is 0. The van der Waals surface area contributed by atoms with Gasteiger partial charge in [-0.25, -0.2) is 0 Å². The van der Waals surface area contributed by atoms with E-state index in [1.807, 2.05) is 13.8 Å². The fourth-order valence-corrected chi connectivity index (χ4v) is 2.84. The first-order chi connectivity index (χ1) is 11.5. The van der Waals surface area contributed by atoms with Crippen LogP contribution in [0, 0.1) is 5.41 Å². The number of aliphatic carboxylic acids is 1. The summed E-state index contributed by atoms with van der Waals surface area (Å²) in [6.45, 7) is 2.62. The maximum atomic E-state index is 13.2. The van der Waals surface area contributed by atoms with Crippen molar-refractivity contribution in [3.05, 3.63) is 29.8 Å². The average molecular weight is 359 g/mol. The molecule has 25 heavy (non-hydrogen) atoms. The molecule has 2 rings (SSSR count). The molecule has 138 valence electrons. The Hall–Kier alpha value is -2.25. The average Bonchev–Trinajstić information content (AvgIpc) is 2.93. The molecular formula is C17H20F3NO4. The molecule has 1 aliphatic heterocycles. The number of rotatable bonds is 5. The van der Waals surface area contributed by atoms with Crippen molar-refractivity contribution >= 4 is 11.9 Å². The van der Waals surface area contributed by atoms with Crippen molar-refractivity contribution in [2.24, 2.45) is 5.41 Å². The van der Waals surface area contributed by atoms with Crippen LogP contribution in [0.1, 0.15) is 25.8 Å². The van der Waals surface area contributed by atoms with E-state index in [4.69, 9.17) is 9.84 Å². The van der Waals surface area contributed by atoms with Gasteiger partial charge in [-0.15, -0.1) is 0 Å². The Labute approximate surface area is 143 Å². The first-order valence-electron chi connectivity index (χ1n) is 7.88. The number of carbonyl (C=O) groups is 2. The van der Waals surface area contributed by atoms with Crippen LogP contribution in [0.15, 0.2) is 24.3 Å². The zero-order valence-corrected chi connectivity index (χ0v) is 14.0. The van der Waals surface area contributed by atoms with Crippen molar-refractivity contribution in [1.29, 1.82) is 0 Å². The molecule has 0 saturated carbocycles. The quantitative estimate of drug-likeness (QED) is 0.878. The fraction of sp³-hybridized carbons (Fsp3) is 0.529. The van der Waals surface area contributed by atoms with Crippen molar-refractivity contribution in [1.82, 2.24) is 4.90 Å². The Morgan fingerprint density at radius 3 is 2.56 bits per heavy atom. The minimum Gasteiger partial charge on any atom is -0.491 e. The molecule has 0 aromatic heterocycles. The second-order valence-corrected chi connectivity index (χ2v) is 6.44.